The molecule has 0 aliphatic heterocycles. The first-order chi connectivity index (χ1) is 14.5. The largest absolute Gasteiger partial charge is 0.377 e. The Labute approximate surface area is 180 Å². The Hall–Kier alpha value is -3.16. The van der Waals surface area contributed by atoms with Crippen LogP contribution in [-0.4, -0.2) is 34.7 Å². The molecule has 0 aliphatic rings. The molecule has 0 fully saturated rings. The standard InChI is InChI=1S/C22H23ClN4O3/c1-16-14-20(26-27(16)19-11-6-5-10-18(19)23)25-22(29)21(28)24-12-7-13-30-15-17-8-3-2-4-9-17/h2-6,8-11,14H,7,12-13,15H2,1H3,(H,24,28)(H,25,26,29). The van der Waals surface area contributed by atoms with Gasteiger partial charge in [0.05, 0.1) is 17.3 Å². The highest BCUT2D eigenvalue weighted by molar-refractivity contribution is 6.39. The topological polar surface area (TPSA) is 85.2 Å². The lowest BCUT2D eigenvalue weighted by Gasteiger charge is -2.07. The van der Waals surface area contributed by atoms with Crippen molar-refractivity contribution in [2.24, 2.45) is 0 Å². The first kappa shape index (κ1) is 21.5. The van der Waals surface area contributed by atoms with Gasteiger partial charge in [-0.3, -0.25) is 9.59 Å². The molecule has 156 valence electrons. The maximum atomic E-state index is 12.1. The minimum atomic E-state index is -0.774. The lowest BCUT2D eigenvalue weighted by Crippen LogP contribution is -2.36. The third-order valence-corrected chi connectivity index (χ3v) is 4.60. The summed E-state index contributed by atoms with van der Waals surface area (Å²) in [6.07, 6.45) is 0.603. The van der Waals surface area contributed by atoms with Crippen LogP contribution in [0.5, 0.6) is 0 Å². The predicted octanol–water partition coefficient (Wildman–Crippen LogP) is 3.50. The van der Waals surface area contributed by atoms with E-state index in [1.807, 2.05) is 55.5 Å². The average Bonchev–Trinajstić information content (AvgIpc) is 3.11. The first-order valence-corrected chi connectivity index (χ1v) is 9.95. The fraction of sp³-hybridized carbons (Fsp3) is 0.227. The predicted molar refractivity (Wildman–Crippen MR) is 116 cm³/mol. The molecule has 0 spiro atoms. The number of carbonyl (C=O) groups excluding carboxylic acids is 2. The molecule has 1 aromatic heterocycles. The second-order valence-corrected chi connectivity index (χ2v) is 7.04. The molecule has 1 heterocycles. The molecule has 0 radical (unpaired) electrons. The number of nitrogens with one attached hydrogen (secondary N) is 2. The van der Waals surface area contributed by atoms with Crippen molar-refractivity contribution in [3.63, 3.8) is 0 Å². The summed E-state index contributed by atoms with van der Waals surface area (Å²) in [6, 6.07) is 18.8. The Morgan fingerprint density at radius 1 is 1.07 bits per heavy atom. The number of aromatic nitrogens is 2. The van der Waals surface area contributed by atoms with E-state index in [1.165, 1.54) is 0 Å². The summed E-state index contributed by atoms with van der Waals surface area (Å²) in [6.45, 7) is 3.18. The summed E-state index contributed by atoms with van der Waals surface area (Å²) < 4.78 is 7.16. The molecule has 2 amide bonds. The van der Waals surface area contributed by atoms with Crippen LogP contribution in [-0.2, 0) is 20.9 Å². The number of rotatable bonds is 8. The number of nitrogens with zero attached hydrogens (tertiary/aromatic N) is 2. The number of carbonyl (C=O) groups is 2. The number of benzene rings is 2. The van der Waals surface area contributed by atoms with Gasteiger partial charge in [-0.15, -0.1) is 5.10 Å². The lowest BCUT2D eigenvalue weighted by atomic mass is 10.2. The quantitative estimate of drug-likeness (QED) is 0.426. The minimum Gasteiger partial charge on any atom is -0.377 e. The van der Waals surface area contributed by atoms with Gasteiger partial charge < -0.3 is 15.4 Å². The Morgan fingerprint density at radius 2 is 1.80 bits per heavy atom. The number of hydrogen-bond donors (Lipinski definition) is 2. The third-order valence-electron chi connectivity index (χ3n) is 4.28. The third kappa shape index (κ3) is 5.92. The molecule has 2 aromatic carbocycles. The van der Waals surface area contributed by atoms with Gasteiger partial charge in [0.1, 0.15) is 0 Å². The zero-order valence-corrected chi connectivity index (χ0v) is 17.4. The SMILES string of the molecule is Cc1cc(NC(=O)C(=O)NCCCOCc2ccccc2)nn1-c1ccccc1Cl. The number of amides is 2. The highest BCUT2D eigenvalue weighted by Crippen LogP contribution is 2.22. The van der Waals surface area contributed by atoms with Crippen LogP contribution in [0.1, 0.15) is 17.7 Å². The van der Waals surface area contributed by atoms with Crippen molar-refractivity contribution in [2.75, 3.05) is 18.5 Å². The summed E-state index contributed by atoms with van der Waals surface area (Å²) in [5.41, 5.74) is 2.55. The van der Waals surface area contributed by atoms with Crippen LogP contribution in [0.15, 0.2) is 60.7 Å². The molecule has 0 bridgehead atoms. The molecule has 3 aromatic rings. The van der Waals surface area contributed by atoms with Gasteiger partial charge in [0, 0.05) is 24.9 Å². The van der Waals surface area contributed by atoms with Crippen molar-refractivity contribution in [3.8, 4) is 5.69 Å². The van der Waals surface area contributed by atoms with Crippen LogP contribution in [0.2, 0.25) is 5.02 Å². The van der Waals surface area contributed by atoms with Crippen LogP contribution in [0.4, 0.5) is 5.82 Å². The zero-order valence-electron chi connectivity index (χ0n) is 16.6. The van der Waals surface area contributed by atoms with Crippen molar-refractivity contribution in [1.82, 2.24) is 15.1 Å². The minimum absolute atomic E-state index is 0.277. The monoisotopic (exact) mass is 426 g/mol. The van der Waals surface area contributed by atoms with E-state index in [2.05, 4.69) is 15.7 Å². The summed E-state index contributed by atoms with van der Waals surface area (Å²) in [5.74, 6) is -1.22. The van der Waals surface area contributed by atoms with Crippen LogP contribution < -0.4 is 10.6 Å². The van der Waals surface area contributed by atoms with E-state index in [9.17, 15) is 9.59 Å². The number of hydrogen-bond acceptors (Lipinski definition) is 4. The van der Waals surface area contributed by atoms with Gasteiger partial charge in [-0.1, -0.05) is 54.1 Å². The molecule has 30 heavy (non-hydrogen) atoms. The smallest absolute Gasteiger partial charge is 0.314 e. The molecular formula is C22H23ClN4O3. The van der Waals surface area contributed by atoms with Crippen molar-refractivity contribution in [3.05, 3.63) is 76.9 Å². The fourth-order valence-corrected chi connectivity index (χ4v) is 3.01. The summed E-state index contributed by atoms with van der Waals surface area (Å²) >= 11 is 6.20. The Bertz CT molecular complexity index is 1000. The van der Waals surface area contributed by atoms with Gasteiger partial charge in [-0.05, 0) is 31.0 Å². The molecular weight excluding hydrogens is 404 g/mol. The number of anilines is 1. The Kier molecular flexibility index (Phi) is 7.59. The molecule has 8 heteroatoms. The van der Waals surface area contributed by atoms with Crippen LogP contribution in [0.25, 0.3) is 5.69 Å². The van der Waals surface area contributed by atoms with Gasteiger partial charge in [-0.2, -0.15) is 0 Å². The van der Waals surface area contributed by atoms with E-state index in [0.29, 0.717) is 36.9 Å². The summed E-state index contributed by atoms with van der Waals surface area (Å²) in [7, 11) is 0. The second-order valence-electron chi connectivity index (χ2n) is 6.64. The van der Waals surface area contributed by atoms with Gasteiger partial charge in [0.25, 0.3) is 0 Å². The van der Waals surface area contributed by atoms with Gasteiger partial charge in [0.2, 0.25) is 0 Å². The lowest BCUT2D eigenvalue weighted by molar-refractivity contribution is -0.136. The molecule has 0 unspecified atom stereocenters. The number of para-hydroxylation sites is 1. The first-order valence-electron chi connectivity index (χ1n) is 9.57. The van der Waals surface area contributed by atoms with E-state index in [-0.39, 0.29) is 5.82 Å². The van der Waals surface area contributed by atoms with Gasteiger partial charge >= 0.3 is 11.8 Å². The van der Waals surface area contributed by atoms with Crippen molar-refractivity contribution in [2.45, 2.75) is 20.0 Å². The van der Waals surface area contributed by atoms with Crippen molar-refractivity contribution >= 4 is 29.2 Å². The average molecular weight is 427 g/mol. The van der Waals surface area contributed by atoms with Crippen molar-refractivity contribution < 1.29 is 14.3 Å². The van der Waals surface area contributed by atoms with Crippen LogP contribution in [0.3, 0.4) is 0 Å². The van der Waals surface area contributed by atoms with E-state index in [1.54, 1.807) is 16.8 Å². The number of halogens is 1. The molecule has 0 atom stereocenters. The molecule has 0 saturated heterocycles. The van der Waals surface area contributed by atoms with Crippen LogP contribution >= 0.6 is 11.6 Å². The van der Waals surface area contributed by atoms with E-state index >= 15 is 0 Å². The summed E-state index contributed by atoms with van der Waals surface area (Å²) in [4.78, 5) is 24.1. The Morgan fingerprint density at radius 3 is 2.57 bits per heavy atom. The van der Waals surface area contributed by atoms with E-state index in [4.69, 9.17) is 16.3 Å². The molecule has 0 saturated carbocycles. The molecule has 7 nitrogen and oxygen atoms in total. The molecule has 2 N–H and O–H groups in total. The normalized spacial score (nSPS) is 10.6. The molecule has 0 aliphatic carbocycles. The van der Waals surface area contributed by atoms with Gasteiger partial charge in [-0.25, -0.2) is 4.68 Å². The second kappa shape index (κ2) is 10.6. The maximum absolute atomic E-state index is 12.1. The highest BCUT2D eigenvalue weighted by Gasteiger charge is 2.16. The van der Waals surface area contributed by atoms with E-state index in [0.717, 1.165) is 11.3 Å². The van der Waals surface area contributed by atoms with E-state index < -0.39 is 11.8 Å². The maximum Gasteiger partial charge on any atom is 0.314 e. The Balaban J connectivity index is 1.42. The molecule has 3 rings (SSSR count). The number of ether oxygens (including phenoxy) is 1. The number of aryl methyl sites for hydroxylation is 1. The highest BCUT2D eigenvalue weighted by atomic mass is 35.5. The van der Waals surface area contributed by atoms with Crippen LogP contribution in [0, 0.1) is 6.92 Å². The fourth-order valence-electron chi connectivity index (χ4n) is 2.80. The van der Waals surface area contributed by atoms with Crippen molar-refractivity contribution in [1.29, 1.82) is 0 Å². The zero-order chi connectivity index (χ0) is 21.3. The summed E-state index contributed by atoms with van der Waals surface area (Å²) in [5, 5.41) is 9.93. The van der Waals surface area contributed by atoms with Gasteiger partial charge in [0.15, 0.2) is 5.82 Å².